The molecule has 1 saturated carbocycles. The summed E-state index contributed by atoms with van der Waals surface area (Å²) in [7, 11) is 0. The summed E-state index contributed by atoms with van der Waals surface area (Å²) in [5, 5.41) is 2.96. The molecule has 1 atom stereocenters. The van der Waals surface area contributed by atoms with Crippen LogP contribution in [-0.4, -0.2) is 37.7 Å². The van der Waals surface area contributed by atoms with Crippen molar-refractivity contribution in [2.75, 3.05) is 30.4 Å². The van der Waals surface area contributed by atoms with Crippen LogP contribution in [-0.2, 0) is 9.53 Å². The van der Waals surface area contributed by atoms with E-state index in [0.29, 0.717) is 31.1 Å². The Kier molecular flexibility index (Phi) is 3.48. The van der Waals surface area contributed by atoms with Gasteiger partial charge in [-0.1, -0.05) is 0 Å². The Balaban J connectivity index is 1.83. The fourth-order valence-corrected chi connectivity index (χ4v) is 2.40. The summed E-state index contributed by atoms with van der Waals surface area (Å²) in [4.78, 5) is 14.1. The molecule has 1 aliphatic heterocycles. The predicted octanol–water partition coefficient (Wildman–Crippen LogP) is 0.892. The number of benzene rings is 1. The zero-order valence-electron chi connectivity index (χ0n) is 11.1. The molecule has 20 heavy (non-hydrogen) atoms. The first-order valence-electron chi connectivity index (χ1n) is 6.85. The number of amides is 1. The average Bonchev–Trinajstić information content (AvgIpc) is 3.25. The van der Waals surface area contributed by atoms with E-state index in [2.05, 4.69) is 5.32 Å². The van der Waals surface area contributed by atoms with Crippen molar-refractivity contribution in [1.82, 2.24) is 5.32 Å². The van der Waals surface area contributed by atoms with Crippen molar-refractivity contribution in [2.45, 2.75) is 24.9 Å². The fourth-order valence-electron chi connectivity index (χ4n) is 2.40. The lowest BCUT2D eigenvalue weighted by atomic mass is 10.1. The van der Waals surface area contributed by atoms with Crippen molar-refractivity contribution in [3.63, 3.8) is 0 Å². The van der Waals surface area contributed by atoms with E-state index in [4.69, 9.17) is 10.5 Å². The third-order valence-corrected chi connectivity index (χ3v) is 3.66. The van der Waals surface area contributed by atoms with Gasteiger partial charge in [-0.3, -0.25) is 4.79 Å². The lowest BCUT2D eigenvalue weighted by molar-refractivity contribution is -0.124. The first-order valence-corrected chi connectivity index (χ1v) is 6.85. The van der Waals surface area contributed by atoms with Crippen molar-refractivity contribution in [2.24, 2.45) is 0 Å². The molecule has 1 aromatic carbocycles. The van der Waals surface area contributed by atoms with Crippen LogP contribution in [0.2, 0.25) is 0 Å². The van der Waals surface area contributed by atoms with Gasteiger partial charge in [-0.25, -0.2) is 4.39 Å². The highest BCUT2D eigenvalue weighted by molar-refractivity contribution is 5.87. The number of nitrogens with one attached hydrogen (secondary N) is 1. The van der Waals surface area contributed by atoms with Gasteiger partial charge in [-0.05, 0) is 31.0 Å². The monoisotopic (exact) mass is 279 g/mol. The van der Waals surface area contributed by atoms with Gasteiger partial charge < -0.3 is 20.7 Å². The third kappa shape index (κ3) is 2.70. The maximum absolute atomic E-state index is 13.4. The quantitative estimate of drug-likeness (QED) is 0.806. The molecule has 0 aromatic heterocycles. The number of hydrogen-bond donors (Lipinski definition) is 2. The normalized spacial score (nSPS) is 22.6. The topological polar surface area (TPSA) is 67.6 Å². The second kappa shape index (κ2) is 5.28. The number of carbonyl (C=O) groups is 1. The molecule has 1 aromatic rings. The van der Waals surface area contributed by atoms with Crippen molar-refractivity contribution in [3.8, 4) is 0 Å². The summed E-state index contributed by atoms with van der Waals surface area (Å²) in [6.07, 6.45) is 2.06. The van der Waals surface area contributed by atoms with Gasteiger partial charge in [0.1, 0.15) is 11.9 Å². The van der Waals surface area contributed by atoms with Crippen LogP contribution >= 0.6 is 0 Å². The lowest BCUT2D eigenvalue weighted by Crippen LogP contribution is -2.54. The number of anilines is 2. The summed E-state index contributed by atoms with van der Waals surface area (Å²) in [6, 6.07) is 4.05. The van der Waals surface area contributed by atoms with Gasteiger partial charge in [0.2, 0.25) is 5.91 Å². The number of hydrogen-bond acceptors (Lipinski definition) is 4. The first-order chi connectivity index (χ1) is 9.65. The minimum Gasteiger partial charge on any atom is -0.397 e. The van der Waals surface area contributed by atoms with Gasteiger partial charge in [0, 0.05) is 12.6 Å². The summed E-state index contributed by atoms with van der Waals surface area (Å²) in [6.45, 7) is 1.33. The zero-order chi connectivity index (χ0) is 14.1. The molecule has 1 unspecified atom stereocenters. The highest BCUT2D eigenvalue weighted by atomic mass is 19.1. The largest absolute Gasteiger partial charge is 0.397 e. The number of nitrogens with zero attached hydrogens (tertiary/aromatic N) is 1. The van der Waals surface area contributed by atoms with Crippen LogP contribution in [0, 0.1) is 5.82 Å². The molecule has 3 N–H and O–H groups in total. The molecule has 3 rings (SSSR count). The summed E-state index contributed by atoms with van der Waals surface area (Å²) >= 11 is 0. The van der Waals surface area contributed by atoms with Crippen LogP contribution in [0.5, 0.6) is 0 Å². The minimum absolute atomic E-state index is 0.0733. The molecule has 0 spiro atoms. The minimum atomic E-state index is -0.451. The van der Waals surface area contributed by atoms with E-state index < -0.39 is 6.04 Å². The molecule has 2 aliphatic rings. The van der Waals surface area contributed by atoms with Crippen LogP contribution < -0.4 is 16.0 Å². The predicted molar refractivity (Wildman–Crippen MR) is 73.9 cm³/mol. The van der Waals surface area contributed by atoms with Gasteiger partial charge >= 0.3 is 0 Å². The smallest absolute Gasteiger partial charge is 0.245 e. The van der Waals surface area contributed by atoms with Gasteiger partial charge in [0.15, 0.2) is 0 Å². The van der Waals surface area contributed by atoms with Gasteiger partial charge in [-0.2, -0.15) is 0 Å². The van der Waals surface area contributed by atoms with Gasteiger partial charge in [0.25, 0.3) is 0 Å². The number of carbonyl (C=O) groups excluding carboxylic acids is 1. The SMILES string of the molecule is Nc1ccc(F)cc1N1CCOCC1C(=O)NC1CC1. The summed E-state index contributed by atoms with van der Waals surface area (Å²) in [5.41, 5.74) is 6.94. The standard InChI is InChI=1S/C14H18FN3O2/c15-9-1-4-11(16)12(7-9)18-5-6-20-8-13(18)14(19)17-10-2-3-10/h1,4,7,10,13H,2-3,5-6,8,16H2,(H,17,19). The van der Waals surface area contributed by atoms with Crippen molar-refractivity contribution in [1.29, 1.82) is 0 Å². The van der Waals surface area contributed by atoms with E-state index in [1.807, 2.05) is 4.90 Å². The second-order valence-corrected chi connectivity index (χ2v) is 5.27. The number of nitrogens with two attached hydrogens (primary N) is 1. The number of morpholine rings is 1. The Bertz CT molecular complexity index is 519. The van der Waals surface area contributed by atoms with Gasteiger partial charge in [0.05, 0.1) is 24.6 Å². The summed E-state index contributed by atoms with van der Waals surface area (Å²) < 4.78 is 18.8. The van der Waals surface area contributed by atoms with Crippen LogP contribution in [0.25, 0.3) is 0 Å². The van der Waals surface area contributed by atoms with E-state index in [1.54, 1.807) is 0 Å². The van der Waals surface area contributed by atoms with E-state index in [0.717, 1.165) is 12.8 Å². The first kappa shape index (κ1) is 13.2. The van der Waals surface area contributed by atoms with Crippen LogP contribution in [0.3, 0.4) is 0 Å². The molecule has 1 heterocycles. The van der Waals surface area contributed by atoms with Crippen molar-refractivity contribution >= 4 is 17.3 Å². The van der Waals surface area contributed by atoms with Crippen LogP contribution in [0.4, 0.5) is 15.8 Å². The fraction of sp³-hybridized carbons (Fsp3) is 0.500. The second-order valence-electron chi connectivity index (χ2n) is 5.27. The number of ether oxygens (including phenoxy) is 1. The Labute approximate surface area is 116 Å². The Morgan fingerprint density at radius 1 is 1.45 bits per heavy atom. The number of nitrogen functional groups attached to an aromatic ring is 1. The molecule has 2 fully saturated rings. The van der Waals surface area contributed by atoms with Crippen LogP contribution in [0.1, 0.15) is 12.8 Å². The molecule has 0 bridgehead atoms. The molecule has 1 amide bonds. The Hall–Kier alpha value is -1.82. The zero-order valence-corrected chi connectivity index (χ0v) is 11.1. The van der Waals surface area contributed by atoms with E-state index in [-0.39, 0.29) is 17.8 Å². The molecule has 1 aliphatic carbocycles. The molecule has 5 nitrogen and oxygen atoms in total. The molecular weight excluding hydrogens is 261 g/mol. The van der Waals surface area contributed by atoms with Crippen molar-refractivity contribution in [3.05, 3.63) is 24.0 Å². The summed E-state index contributed by atoms with van der Waals surface area (Å²) in [5.74, 6) is -0.432. The number of rotatable bonds is 3. The maximum Gasteiger partial charge on any atom is 0.245 e. The highest BCUT2D eigenvalue weighted by Gasteiger charge is 2.34. The molecule has 1 saturated heterocycles. The lowest BCUT2D eigenvalue weighted by Gasteiger charge is -2.37. The molecule has 6 heteroatoms. The molecular formula is C14H18FN3O2. The Morgan fingerprint density at radius 3 is 3.00 bits per heavy atom. The van der Waals surface area contributed by atoms with Crippen LogP contribution in [0.15, 0.2) is 18.2 Å². The molecule has 0 radical (unpaired) electrons. The van der Waals surface area contributed by atoms with E-state index >= 15 is 0 Å². The Morgan fingerprint density at radius 2 is 2.25 bits per heavy atom. The highest BCUT2D eigenvalue weighted by Crippen LogP contribution is 2.28. The third-order valence-electron chi connectivity index (χ3n) is 3.66. The molecule has 108 valence electrons. The van der Waals surface area contributed by atoms with E-state index in [9.17, 15) is 9.18 Å². The van der Waals surface area contributed by atoms with E-state index in [1.165, 1.54) is 18.2 Å². The number of halogens is 1. The van der Waals surface area contributed by atoms with Gasteiger partial charge in [-0.15, -0.1) is 0 Å². The maximum atomic E-state index is 13.4. The van der Waals surface area contributed by atoms with Crippen molar-refractivity contribution < 1.29 is 13.9 Å². The average molecular weight is 279 g/mol.